The molecule has 0 aliphatic carbocycles. The largest absolute Gasteiger partial charge is 0.444 e. The third-order valence-electron chi connectivity index (χ3n) is 3.55. The van der Waals surface area contributed by atoms with Crippen LogP contribution in [0.3, 0.4) is 0 Å². The van der Waals surface area contributed by atoms with Gasteiger partial charge in [-0.25, -0.2) is 15.0 Å². The Morgan fingerprint density at radius 2 is 2.00 bits per heavy atom. The number of aromatic nitrogens is 3. The molecule has 4 aromatic rings. The number of nitrogens with one attached hydrogen (secondary N) is 1. The van der Waals surface area contributed by atoms with Crippen LogP contribution in [-0.4, -0.2) is 15.0 Å². The molecule has 0 amide bonds. The highest BCUT2D eigenvalue weighted by atomic mass is 32.1. The molecule has 0 bridgehead atoms. The van der Waals surface area contributed by atoms with Crippen molar-refractivity contribution in [1.29, 1.82) is 0 Å². The van der Waals surface area contributed by atoms with Gasteiger partial charge in [0.1, 0.15) is 23.2 Å². The fraction of sp³-hybridized carbons (Fsp3) is 0.118. The molecule has 0 aliphatic rings. The molecule has 3 heterocycles. The first-order valence-electron chi connectivity index (χ1n) is 7.23. The summed E-state index contributed by atoms with van der Waals surface area (Å²) in [7, 11) is 0. The van der Waals surface area contributed by atoms with Crippen LogP contribution in [0.5, 0.6) is 0 Å². The van der Waals surface area contributed by atoms with Crippen molar-refractivity contribution in [3.8, 4) is 11.5 Å². The first kappa shape index (κ1) is 13.9. The van der Waals surface area contributed by atoms with Crippen LogP contribution >= 0.6 is 11.3 Å². The van der Waals surface area contributed by atoms with Crippen molar-refractivity contribution >= 4 is 27.4 Å². The molecule has 0 aliphatic heterocycles. The Kier molecular flexibility index (Phi) is 3.51. The summed E-state index contributed by atoms with van der Waals surface area (Å²) < 4.78 is 5.57. The van der Waals surface area contributed by atoms with Crippen molar-refractivity contribution in [2.75, 3.05) is 5.32 Å². The summed E-state index contributed by atoms with van der Waals surface area (Å²) in [5.74, 6) is 1.45. The van der Waals surface area contributed by atoms with E-state index in [0.717, 1.165) is 27.3 Å². The lowest BCUT2D eigenvalue weighted by Crippen LogP contribution is -2.02. The van der Waals surface area contributed by atoms with Crippen LogP contribution in [0.1, 0.15) is 11.3 Å². The third-order valence-corrected chi connectivity index (χ3v) is 4.37. The lowest BCUT2D eigenvalue weighted by Gasteiger charge is -2.03. The van der Waals surface area contributed by atoms with Crippen LogP contribution in [0, 0.1) is 6.92 Å². The Balaban J connectivity index is 1.52. The van der Waals surface area contributed by atoms with E-state index in [4.69, 9.17) is 4.42 Å². The molecule has 1 N–H and O–H groups in total. The molecule has 114 valence electrons. The Hall–Kier alpha value is -2.73. The van der Waals surface area contributed by atoms with E-state index in [-0.39, 0.29) is 0 Å². The van der Waals surface area contributed by atoms with Gasteiger partial charge in [-0.3, -0.25) is 0 Å². The van der Waals surface area contributed by atoms with Gasteiger partial charge in [-0.1, -0.05) is 17.7 Å². The van der Waals surface area contributed by atoms with E-state index >= 15 is 0 Å². The second-order valence-corrected chi connectivity index (χ2v) is 6.12. The Bertz CT molecular complexity index is 943. The normalized spacial score (nSPS) is 11.0. The maximum absolute atomic E-state index is 5.57. The number of thiophene rings is 1. The van der Waals surface area contributed by atoms with E-state index in [9.17, 15) is 0 Å². The van der Waals surface area contributed by atoms with E-state index in [0.29, 0.717) is 12.4 Å². The van der Waals surface area contributed by atoms with Gasteiger partial charge in [0.15, 0.2) is 0 Å². The van der Waals surface area contributed by atoms with Crippen molar-refractivity contribution in [3.05, 3.63) is 59.6 Å². The van der Waals surface area contributed by atoms with Crippen molar-refractivity contribution in [2.45, 2.75) is 13.5 Å². The number of hydrogen-bond acceptors (Lipinski definition) is 6. The Labute approximate surface area is 137 Å². The molecule has 0 spiro atoms. The number of aryl methyl sites for hydroxylation is 1. The predicted molar refractivity (Wildman–Crippen MR) is 91.4 cm³/mol. The molecular formula is C17H14N4OS. The zero-order valence-corrected chi connectivity index (χ0v) is 13.3. The van der Waals surface area contributed by atoms with Gasteiger partial charge < -0.3 is 9.73 Å². The second kappa shape index (κ2) is 5.81. The minimum Gasteiger partial charge on any atom is -0.444 e. The van der Waals surface area contributed by atoms with Gasteiger partial charge in [-0.2, -0.15) is 0 Å². The van der Waals surface area contributed by atoms with E-state index < -0.39 is 0 Å². The molecule has 0 saturated carbocycles. The highest BCUT2D eigenvalue weighted by molar-refractivity contribution is 7.16. The minimum atomic E-state index is 0.553. The minimum absolute atomic E-state index is 0.553. The molecule has 6 heteroatoms. The first-order chi connectivity index (χ1) is 11.3. The number of nitrogens with zero attached hydrogens (tertiary/aromatic N) is 3. The monoisotopic (exact) mass is 322 g/mol. The second-order valence-electron chi connectivity index (χ2n) is 5.23. The average molecular weight is 322 g/mol. The molecule has 0 saturated heterocycles. The molecular weight excluding hydrogens is 308 g/mol. The molecule has 4 rings (SSSR count). The van der Waals surface area contributed by atoms with Crippen LogP contribution in [-0.2, 0) is 6.54 Å². The maximum atomic E-state index is 5.57. The van der Waals surface area contributed by atoms with Crippen LogP contribution in [0.2, 0.25) is 0 Å². The lowest BCUT2D eigenvalue weighted by molar-refractivity contribution is 0.573. The molecule has 0 fully saturated rings. The molecule has 0 atom stereocenters. The Morgan fingerprint density at radius 1 is 1.13 bits per heavy atom. The van der Waals surface area contributed by atoms with Crippen molar-refractivity contribution in [2.24, 2.45) is 0 Å². The van der Waals surface area contributed by atoms with Crippen LogP contribution < -0.4 is 5.32 Å². The summed E-state index contributed by atoms with van der Waals surface area (Å²) in [5.41, 5.74) is 3.03. The molecule has 3 aromatic heterocycles. The van der Waals surface area contributed by atoms with Crippen molar-refractivity contribution < 1.29 is 4.42 Å². The van der Waals surface area contributed by atoms with Gasteiger partial charge in [0.2, 0.25) is 5.89 Å². The highest BCUT2D eigenvalue weighted by Gasteiger charge is 2.08. The van der Waals surface area contributed by atoms with Crippen molar-refractivity contribution in [3.63, 3.8) is 0 Å². The van der Waals surface area contributed by atoms with Gasteiger partial charge >= 0.3 is 0 Å². The summed E-state index contributed by atoms with van der Waals surface area (Å²) in [6.07, 6.45) is 3.25. The smallest absolute Gasteiger partial charge is 0.226 e. The topological polar surface area (TPSA) is 63.8 Å². The maximum Gasteiger partial charge on any atom is 0.226 e. The molecule has 5 nitrogen and oxygen atoms in total. The zero-order valence-electron chi connectivity index (χ0n) is 12.5. The molecule has 23 heavy (non-hydrogen) atoms. The summed E-state index contributed by atoms with van der Waals surface area (Å²) in [6, 6.07) is 10.1. The van der Waals surface area contributed by atoms with Gasteiger partial charge in [0.25, 0.3) is 0 Å². The average Bonchev–Trinajstić information content (AvgIpc) is 3.23. The molecule has 0 radical (unpaired) electrons. The molecule has 0 unspecified atom stereocenters. The Morgan fingerprint density at radius 3 is 2.87 bits per heavy atom. The summed E-state index contributed by atoms with van der Waals surface area (Å²) in [4.78, 5) is 14.0. The van der Waals surface area contributed by atoms with Gasteiger partial charge in [-0.05, 0) is 30.5 Å². The standard InChI is InChI=1S/C17H14N4OS/c1-11-2-4-12(5-3-11)16-21-13(9-22-16)8-18-15-14-6-7-23-17(14)20-10-19-15/h2-7,9-10H,8H2,1H3,(H,18,19,20). The number of anilines is 1. The van der Waals surface area contributed by atoms with Gasteiger partial charge in [-0.15, -0.1) is 11.3 Å². The lowest BCUT2D eigenvalue weighted by atomic mass is 10.1. The number of benzene rings is 1. The van der Waals surface area contributed by atoms with E-state index in [1.54, 1.807) is 23.9 Å². The first-order valence-corrected chi connectivity index (χ1v) is 8.11. The fourth-order valence-electron chi connectivity index (χ4n) is 2.32. The third kappa shape index (κ3) is 2.80. The number of fused-ring (bicyclic) bond motifs is 1. The summed E-state index contributed by atoms with van der Waals surface area (Å²) in [6.45, 7) is 2.61. The molecule has 1 aromatic carbocycles. The van der Waals surface area contributed by atoms with Crippen LogP contribution in [0.25, 0.3) is 21.7 Å². The van der Waals surface area contributed by atoms with Crippen LogP contribution in [0.15, 0.2) is 52.7 Å². The quantitative estimate of drug-likeness (QED) is 0.608. The van der Waals surface area contributed by atoms with E-state index in [1.807, 2.05) is 35.7 Å². The number of hydrogen-bond donors (Lipinski definition) is 1. The van der Waals surface area contributed by atoms with Crippen LogP contribution in [0.4, 0.5) is 5.82 Å². The predicted octanol–water partition coefficient (Wildman–Crippen LogP) is 4.27. The fourth-order valence-corrected chi connectivity index (χ4v) is 3.05. The van der Waals surface area contributed by atoms with E-state index in [2.05, 4.69) is 27.2 Å². The summed E-state index contributed by atoms with van der Waals surface area (Å²) >= 11 is 1.60. The SMILES string of the molecule is Cc1ccc(-c2nc(CNc3ncnc4sccc34)co2)cc1. The van der Waals surface area contributed by atoms with Gasteiger partial charge in [0, 0.05) is 5.56 Å². The number of rotatable bonds is 4. The highest BCUT2D eigenvalue weighted by Crippen LogP contribution is 2.24. The summed E-state index contributed by atoms with van der Waals surface area (Å²) in [5, 5.41) is 6.33. The zero-order chi connectivity index (χ0) is 15.6. The van der Waals surface area contributed by atoms with Crippen molar-refractivity contribution in [1.82, 2.24) is 15.0 Å². The van der Waals surface area contributed by atoms with Gasteiger partial charge in [0.05, 0.1) is 17.6 Å². The number of oxazole rings is 1. The van der Waals surface area contributed by atoms with E-state index in [1.165, 1.54) is 5.56 Å².